The lowest BCUT2D eigenvalue weighted by molar-refractivity contribution is -0.147. The highest BCUT2D eigenvalue weighted by Gasteiger charge is 2.62. The average molecular weight is 353 g/mol. The van der Waals surface area contributed by atoms with Gasteiger partial charge in [0.2, 0.25) is 5.82 Å². The van der Waals surface area contributed by atoms with Gasteiger partial charge in [-0.15, -0.1) is 0 Å². The van der Waals surface area contributed by atoms with Crippen LogP contribution in [0, 0.1) is 57.6 Å². The molecule has 8 heteroatoms. The minimum atomic E-state index is -2.27. The maximum absolute atomic E-state index is 13.5. The van der Waals surface area contributed by atoms with Gasteiger partial charge in [0.15, 0.2) is 23.3 Å². The normalized spacial score (nSPS) is 21.4. The van der Waals surface area contributed by atoms with Gasteiger partial charge in [0.05, 0.1) is 11.5 Å². The summed E-state index contributed by atoms with van der Waals surface area (Å²) in [5, 5.41) is 2.14. The van der Waals surface area contributed by atoms with E-state index in [0.717, 1.165) is 0 Å². The van der Waals surface area contributed by atoms with Crippen LogP contribution in [0.15, 0.2) is 0 Å². The van der Waals surface area contributed by atoms with Crippen LogP contribution in [0.2, 0.25) is 0 Å². The zero-order valence-corrected chi connectivity index (χ0v) is 12.7. The SMILES string of the molecule is CC1(C)C(C#CCl)C1C(=O)OCc1c(F)c(F)c(F)c(F)c1F. The van der Waals surface area contributed by atoms with Crippen molar-refractivity contribution in [3.05, 3.63) is 34.6 Å². The Balaban J connectivity index is 2.16. The maximum atomic E-state index is 13.5. The van der Waals surface area contributed by atoms with Crippen LogP contribution >= 0.6 is 11.6 Å². The van der Waals surface area contributed by atoms with Crippen LogP contribution in [0.4, 0.5) is 22.0 Å². The second kappa shape index (κ2) is 6.00. The Morgan fingerprint density at radius 3 is 2.04 bits per heavy atom. The van der Waals surface area contributed by atoms with Gasteiger partial charge < -0.3 is 4.74 Å². The Morgan fingerprint density at radius 1 is 1.09 bits per heavy atom. The van der Waals surface area contributed by atoms with Crippen LogP contribution in [-0.2, 0) is 16.1 Å². The lowest BCUT2D eigenvalue weighted by Crippen LogP contribution is -2.14. The Bertz CT molecular complexity index is 707. The predicted octanol–water partition coefficient (Wildman–Crippen LogP) is 3.90. The molecule has 0 aliphatic heterocycles. The Morgan fingerprint density at radius 2 is 1.57 bits per heavy atom. The molecule has 2 nitrogen and oxygen atoms in total. The Hall–Kier alpha value is -1.81. The van der Waals surface area contributed by atoms with Crippen LogP contribution in [0.3, 0.4) is 0 Å². The molecule has 1 aliphatic rings. The summed E-state index contributed by atoms with van der Waals surface area (Å²) in [7, 11) is 0. The van der Waals surface area contributed by atoms with E-state index in [2.05, 4.69) is 11.3 Å². The highest BCUT2D eigenvalue weighted by atomic mass is 35.5. The van der Waals surface area contributed by atoms with Crippen molar-refractivity contribution in [3.63, 3.8) is 0 Å². The molecule has 0 amide bonds. The second-order valence-corrected chi connectivity index (χ2v) is 5.86. The van der Waals surface area contributed by atoms with Gasteiger partial charge >= 0.3 is 5.97 Å². The first-order valence-corrected chi connectivity index (χ1v) is 6.80. The van der Waals surface area contributed by atoms with E-state index in [-0.39, 0.29) is 0 Å². The molecule has 1 aromatic carbocycles. The van der Waals surface area contributed by atoms with Gasteiger partial charge in [-0.25, -0.2) is 22.0 Å². The molecule has 23 heavy (non-hydrogen) atoms. The van der Waals surface area contributed by atoms with Gasteiger partial charge in [-0.05, 0) is 17.0 Å². The van der Waals surface area contributed by atoms with Crippen LogP contribution in [0.5, 0.6) is 0 Å². The van der Waals surface area contributed by atoms with Crippen molar-refractivity contribution in [1.29, 1.82) is 0 Å². The second-order valence-electron chi connectivity index (χ2n) is 5.67. The molecule has 0 aromatic heterocycles. The molecule has 0 saturated heterocycles. The average Bonchev–Trinajstić information content (AvgIpc) is 3.04. The topological polar surface area (TPSA) is 26.3 Å². The molecular weight excluding hydrogens is 343 g/mol. The van der Waals surface area contributed by atoms with Crippen molar-refractivity contribution < 1.29 is 31.5 Å². The van der Waals surface area contributed by atoms with E-state index in [0.29, 0.717) is 0 Å². The lowest BCUT2D eigenvalue weighted by atomic mass is 10.1. The van der Waals surface area contributed by atoms with Gasteiger partial charge in [-0.3, -0.25) is 4.79 Å². The molecule has 1 fully saturated rings. The van der Waals surface area contributed by atoms with Gasteiger partial charge in [0.1, 0.15) is 6.61 Å². The molecule has 2 rings (SSSR count). The fraction of sp³-hybridized carbons (Fsp3) is 0.400. The molecule has 0 bridgehead atoms. The largest absolute Gasteiger partial charge is 0.460 e. The number of carbonyl (C=O) groups excluding carboxylic acids is 1. The van der Waals surface area contributed by atoms with Gasteiger partial charge in [0.25, 0.3) is 0 Å². The van der Waals surface area contributed by atoms with Crippen LogP contribution < -0.4 is 0 Å². The molecule has 2 atom stereocenters. The molecule has 0 heterocycles. The highest BCUT2D eigenvalue weighted by molar-refractivity contribution is 6.30. The molecular formula is C15H10ClF5O2. The number of esters is 1. The molecule has 0 radical (unpaired) electrons. The summed E-state index contributed by atoms with van der Waals surface area (Å²) >= 11 is 5.27. The molecule has 0 N–H and O–H groups in total. The fourth-order valence-corrected chi connectivity index (χ4v) is 2.53. The fourth-order valence-electron chi connectivity index (χ4n) is 2.42. The smallest absolute Gasteiger partial charge is 0.311 e. The summed E-state index contributed by atoms with van der Waals surface area (Å²) in [6.07, 6.45) is 0. The first-order chi connectivity index (χ1) is 10.6. The summed E-state index contributed by atoms with van der Waals surface area (Å²) in [4.78, 5) is 11.9. The number of carbonyl (C=O) groups is 1. The number of hydrogen-bond acceptors (Lipinski definition) is 2. The van der Waals surface area contributed by atoms with Crippen molar-refractivity contribution in [2.24, 2.45) is 17.3 Å². The molecule has 1 aliphatic carbocycles. The molecule has 1 saturated carbocycles. The Labute approximate surface area is 133 Å². The first-order valence-electron chi connectivity index (χ1n) is 6.42. The van der Waals surface area contributed by atoms with E-state index < -0.39 is 64.5 Å². The van der Waals surface area contributed by atoms with Gasteiger partial charge in [-0.2, -0.15) is 0 Å². The summed E-state index contributed by atoms with van der Waals surface area (Å²) in [6, 6.07) is 0. The van der Waals surface area contributed by atoms with Crippen LogP contribution in [0.1, 0.15) is 19.4 Å². The van der Waals surface area contributed by atoms with E-state index in [4.69, 9.17) is 16.3 Å². The van der Waals surface area contributed by atoms with Crippen LogP contribution in [-0.4, -0.2) is 5.97 Å². The van der Waals surface area contributed by atoms with Gasteiger partial charge in [0, 0.05) is 11.3 Å². The third-order valence-electron chi connectivity index (χ3n) is 3.95. The zero-order chi connectivity index (χ0) is 17.5. The summed E-state index contributed by atoms with van der Waals surface area (Å²) in [5.74, 6) is -9.85. The standard InChI is InChI=1S/C15H10ClF5O2/c1-15(2)7(3-4-16)8(15)14(22)23-5-6-9(17)11(19)13(21)12(20)10(6)18/h7-8H,5H2,1-2H3. The highest BCUT2D eigenvalue weighted by Crippen LogP contribution is 2.58. The van der Waals surface area contributed by atoms with Crippen molar-refractivity contribution in [3.8, 4) is 11.3 Å². The number of halogens is 6. The van der Waals surface area contributed by atoms with E-state index in [1.165, 1.54) is 0 Å². The number of hydrogen-bond donors (Lipinski definition) is 0. The summed E-state index contributed by atoms with van der Waals surface area (Å²) < 4.78 is 70.6. The third-order valence-corrected chi connectivity index (χ3v) is 4.06. The predicted molar refractivity (Wildman–Crippen MR) is 70.4 cm³/mol. The monoisotopic (exact) mass is 352 g/mol. The number of benzene rings is 1. The summed E-state index contributed by atoms with van der Waals surface area (Å²) in [6.45, 7) is 2.35. The van der Waals surface area contributed by atoms with Crippen molar-refractivity contribution in [1.82, 2.24) is 0 Å². The van der Waals surface area contributed by atoms with Crippen molar-refractivity contribution >= 4 is 17.6 Å². The first kappa shape index (κ1) is 17.5. The number of rotatable bonds is 3. The van der Waals surface area contributed by atoms with Crippen molar-refractivity contribution in [2.45, 2.75) is 20.5 Å². The maximum Gasteiger partial charge on any atom is 0.311 e. The molecule has 0 spiro atoms. The minimum absolute atomic E-state index is 0.399. The number of ether oxygens (including phenoxy) is 1. The third kappa shape index (κ3) is 2.88. The zero-order valence-electron chi connectivity index (χ0n) is 11.9. The molecule has 124 valence electrons. The van der Waals surface area contributed by atoms with Crippen molar-refractivity contribution in [2.75, 3.05) is 0 Å². The molecule has 1 aromatic rings. The van der Waals surface area contributed by atoms with E-state index in [9.17, 15) is 26.7 Å². The van der Waals surface area contributed by atoms with E-state index in [1.807, 2.05) is 0 Å². The molecule has 2 unspecified atom stereocenters. The lowest BCUT2D eigenvalue weighted by Gasteiger charge is -2.09. The van der Waals surface area contributed by atoms with Crippen LogP contribution in [0.25, 0.3) is 0 Å². The Kier molecular flexibility index (Phi) is 4.58. The van der Waals surface area contributed by atoms with E-state index >= 15 is 0 Å². The quantitative estimate of drug-likeness (QED) is 0.271. The minimum Gasteiger partial charge on any atom is -0.460 e. The van der Waals surface area contributed by atoms with Gasteiger partial charge in [-0.1, -0.05) is 19.8 Å². The van der Waals surface area contributed by atoms with E-state index in [1.54, 1.807) is 13.8 Å². The summed E-state index contributed by atoms with van der Waals surface area (Å²) in [5.41, 5.74) is -1.75.